The molecule has 0 aliphatic carbocycles. The number of benzene rings is 1. The zero-order chi connectivity index (χ0) is 14.5. The van der Waals surface area contributed by atoms with E-state index in [1.807, 2.05) is 20.1 Å². The molecule has 0 aliphatic rings. The summed E-state index contributed by atoms with van der Waals surface area (Å²) in [5.74, 6) is 0. The number of aryl methyl sites for hydroxylation is 2. The largest absolute Gasteiger partial charge is 0.372 e. The van der Waals surface area contributed by atoms with Crippen molar-refractivity contribution in [2.24, 2.45) is 4.99 Å². The van der Waals surface area contributed by atoms with E-state index in [-0.39, 0.29) is 0 Å². The normalized spacial score (nSPS) is 11.2. The number of hydrogen-bond acceptors (Lipinski definition) is 3. The van der Waals surface area contributed by atoms with Crippen LogP contribution in [0.3, 0.4) is 0 Å². The number of H-pyrrole nitrogens is 1. The van der Waals surface area contributed by atoms with Crippen molar-refractivity contribution in [3.8, 4) is 0 Å². The minimum atomic E-state index is 0.929. The maximum absolute atomic E-state index is 4.52. The van der Waals surface area contributed by atoms with Gasteiger partial charge in [0.2, 0.25) is 0 Å². The lowest BCUT2D eigenvalue weighted by Gasteiger charge is -2.20. The lowest BCUT2D eigenvalue weighted by molar-refractivity contribution is 0.866. The molecule has 1 heterocycles. The molecule has 0 atom stereocenters. The zero-order valence-corrected chi connectivity index (χ0v) is 12.6. The molecule has 1 aromatic heterocycles. The first-order valence-corrected chi connectivity index (χ1v) is 7.06. The number of aliphatic imine (C=N–C) groups is 1. The van der Waals surface area contributed by atoms with Gasteiger partial charge in [0.15, 0.2) is 0 Å². The molecule has 0 unspecified atom stereocenters. The standard InChI is InChI=1S/C16H22N4/c1-5-20(6-2)15-9-7-14(8-10-15)11-17-16-12(3)18-19-13(16)4/h7-11H,5-6H2,1-4H3,(H,18,19). The monoisotopic (exact) mass is 270 g/mol. The molecule has 0 saturated carbocycles. The Labute approximate surface area is 120 Å². The van der Waals surface area contributed by atoms with Gasteiger partial charge < -0.3 is 4.90 Å². The van der Waals surface area contributed by atoms with E-state index in [1.54, 1.807) is 0 Å². The predicted octanol–water partition coefficient (Wildman–Crippen LogP) is 3.62. The van der Waals surface area contributed by atoms with Crippen LogP contribution in [-0.4, -0.2) is 29.5 Å². The third-order valence-corrected chi connectivity index (χ3v) is 3.45. The quantitative estimate of drug-likeness (QED) is 0.843. The first kappa shape index (κ1) is 14.3. The second kappa shape index (κ2) is 6.37. The Morgan fingerprint density at radius 1 is 1.15 bits per heavy atom. The number of anilines is 1. The van der Waals surface area contributed by atoms with E-state index in [4.69, 9.17) is 0 Å². The van der Waals surface area contributed by atoms with E-state index in [9.17, 15) is 0 Å². The van der Waals surface area contributed by atoms with Crippen molar-refractivity contribution in [3.63, 3.8) is 0 Å². The fourth-order valence-corrected chi connectivity index (χ4v) is 2.23. The number of nitrogens with zero attached hydrogens (tertiary/aromatic N) is 3. The van der Waals surface area contributed by atoms with Crippen LogP contribution in [0.15, 0.2) is 29.3 Å². The summed E-state index contributed by atoms with van der Waals surface area (Å²) in [6.45, 7) is 10.3. The Bertz CT molecular complexity index is 558. The Kier molecular flexibility index (Phi) is 4.56. The van der Waals surface area contributed by atoms with Gasteiger partial charge in [-0.3, -0.25) is 10.1 Å². The van der Waals surface area contributed by atoms with Gasteiger partial charge in [0.25, 0.3) is 0 Å². The van der Waals surface area contributed by atoms with Crippen LogP contribution >= 0.6 is 0 Å². The van der Waals surface area contributed by atoms with E-state index in [0.29, 0.717) is 0 Å². The van der Waals surface area contributed by atoms with Gasteiger partial charge in [-0.15, -0.1) is 0 Å². The van der Waals surface area contributed by atoms with Gasteiger partial charge in [-0.25, -0.2) is 0 Å². The van der Waals surface area contributed by atoms with Crippen LogP contribution in [0.2, 0.25) is 0 Å². The topological polar surface area (TPSA) is 44.3 Å². The summed E-state index contributed by atoms with van der Waals surface area (Å²) in [7, 11) is 0. The molecule has 2 aromatic rings. The van der Waals surface area contributed by atoms with Crippen LogP contribution in [0.1, 0.15) is 30.8 Å². The van der Waals surface area contributed by atoms with Gasteiger partial charge in [-0.2, -0.15) is 5.10 Å². The molecule has 0 spiro atoms. The van der Waals surface area contributed by atoms with Gasteiger partial charge in [-0.05, 0) is 45.4 Å². The third-order valence-electron chi connectivity index (χ3n) is 3.45. The summed E-state index contributed by atoms with van der Waals surface area (Å²) >= 11 is 0. The summed E-state index contributed by atoms with van der Waals surface area (Å²) in [5.41, 5.74) is 5.21. The van der Waals surface area contributed by atoms with E-state index in [0.717, 1.165) is 35.7 Å². The van der Waals surface area contributed by atoms with Crippen LogP contribution in [0.5, 0.6) is 0 Å². The van der Waals surface area contributed by atoms with Crippen molar-refractivity contribution < 1.29 is 0 Å². The molecule has 0 saturated heterocycles. The maximum Gasteiger partial charge on any atom is 0.106 e. The fourth-order valence-electron chi connectivity index (χ4n) is 2.23. The molecule has 1 N–H and O–H groups in total. The highest BCUT2D eigenvalue weighted by Gasteiger charge is 2.03. The van der Waals surface area contributed by atoms with Gasteiger partial charge in [0.1, 0.15) is 5.69 Å². The number of rotatable bonds is 5. The van der Waals surface area contributed by atoms with Crippen LogP contribution < -0.4 is 4.90 Å². The van der Waals surface area contributed by atoms with E-state index >= 15 is 0 Å². The molecule has 0 aliphatic heterocycles. The third kappa shape index (κ3) is 3.07. The van der Waals surface area contributed by atoms with Crippen LogP contribution in [0.4, 0.5) is 11.4 Å². The molecule has 4 nitrogen and oxygen atoms in total. The molecule has 20 heavy (non-hydrogen) atoms. The SMILES string of the molecule is CCN(CC)c1ccc(C=Nc2c(C)n[nH]c2C)cc1. The second-order valence-electron chi connectivity index (χ2n) is 4.80. The van der Waals surface area contributed by atoms with E-state index in [2.05, 4.69) is 58.2 Å². The molecular formula is C16H22N4. The van der Waals surface area contributed by atoms with Crippen LogP contribution in [0.25, 0.3) is 0 Å². The molecule has 106 valence electrons. The smallest absolute Gasteiger partial charge is 0.106 e. The maximum atomic E-state index is 4.52. The molecule has 4 heteroatoms. The summed E-state index contributed by atoms with van der Waals surface area (Å²) < 4.78 is 0. The Hall–Kier alpha value is -2.10. The molecular weight excluding hydrogens is 248 g/mol. The predicted molar refractivity (Wildman–Crippen MR) is 85.3 cm³/mol. The molecule has 0 radical (unpaired) electrons. The molecule has 0 amide bonds. The van der Waals surface area contributed by atoms with Gasteiger partial charge >= 0.3 is 0 Å². The number of nitrogens with one attached hydrogen (secondary N) is 1. The highest BCUT2D eigenvalue weighted by Crippen LogP contribution is 2.20. The summed E-state index contributed by atoms with van der Waals surface area (Å²) in [4.78, 5) is 6.84. The van der Waals surface area contributed by atoms with Crippen molar-refractivity contribution in [2.75, 3.05) is 18.0 Å². The van der Waals surface area contributed by atoms with Crippen molar-refractivity contribution in [3.05, 3.63) is 41.2 Å². The van der Waals surface area contributed by atoms with Gasteiger partial charge in [0, 0.05) is 25.0 Å². The van der Waals surface area contributed by atoms with Gasteiger partial charge in [0.05, 0.1) is 11.4 Å². The summed E-state index contributed by atoms with van der Waals surface area (Å²) in [6, 6.07) is 8.48. The number of aromatic nitrogens is 2. The second-order valence-corrected chi connectivity index (χ2v) is 4.80. The first-order chi connectivity index (χ1) is 9.65. The zero-order valence-electron chi connectivity index (χ0n) is 12.6. The number of aromatic amines is 1. The first-order valence-electron chi connectivity index (χ1n) is 7.06. The minimum absolute atomic E-state index is 0.929. The molecule has 0 bridgehead atoms. The molecule has 1 aromatic carbocycles. The highest BCUT2D eigenvalue weighted by atomic mass is 15.1. The average molecular weight is 270 g/mol. The Balaban J connectivity index is 2.15. The minimum Gasteiger partial charge on any atom is -0.372 e. The summed E-state index contributed by atoms with van der Waals surface area (Å²) in [5, 5.41) is 7.08. The van der Waals surface area contributed by atoms with E-state index in [1.165, 1.54) is 5.69 Å². The van der Waals surface area contributed by atoms with Crippen molar-refractivity contribution in [2.45, 2.75) is 27.7 Å². The fraction of sp³-hybridized carbons (Fsp3) is 0.375. The lowest BCUT2D eigenvalue weighted by atomic mass is 10.2. The van der Waals surface area contributed by atoms with Crippen LogP contribution in [-0.2, 0) is 0 Å². The van der Waals surface area contributed by atoms with Gasteiger partial charge in [-0.1, -0.05) is 12.1 Å². The number of hydrogen-bond donors (Lipinski definition) is 1. The van der Waals surface area contributed by atoms with Crippen LogP contribution in [0, 0.1) is 13.8 Å². The lowest BCUT2D eigenvalue weighted by Crippen LogP contribution is -2.21. The van der Waals surface area contributed by atoms with E-state index < -0.39 is 0 Å². The average Bonchev–Trinajstić information content (AvgIpc) is 2.78. The molecule has 2 rings (SSSR count). The summed E-state index contributed by atoms with van der Waals surface area (Å²) in [6.07, 6.45) is 1.89. The van der Waals surface area contributed by atoms with Crippen molar-refractivity contribution >= 4 is 17.6 Å². The van der Waals surface area contributed by atoms with Crippen molar-refractivity contribution in [1.29, 1.82) is 0 Å². The van der Waals surface area contributed by atoms with Crippen molar-refractivity contribution in [1.82, 2.24) is 10.2 Å². The Morgan fingerprint density at radius 3 is 2.30 bits per heavy atom. The Morgan fingerprint density at radius 2 is 1.80 bits per heavy atom. The molecule has 0 fully saturated rings. The highest BCUT2D eigenvalue weighted by molar-refractivity contribution is 5.83.